The van der Waals surface area contributed by atoms with Crippen molar-refractivity contribution in [3.8, 4) is 0 Å². The van der Waals surface area contributed by atoms with Crippen molar-refractivity contribution in [1.29, 1.82) is 0 Å². The number of hydrogen-bond donors (Lipinski definition) is 1. The first-order valence-corrected chi connectivity index (χ1v) is 4.53. The van der Waals surface area contributed by atoms with E-state index in [-0.39, 0.29) is 18.4 Å². The Labute approximate surface area is 85.7 Å². The summed E-state index contributed by atoms with van der Waals surface area (Å²) in [6, 6.07) is 6.88. The lowest BCUT2D eigenvalue weighted by molar-refractivity contribution is 0.513. The van der Waals surface area contributed by atoms with E-state index in [2.05, 4.69) is 32.0 Å². The van der Waals surface area contributed by atoms with Crippen molar-refractivity contribution >= 4 is 12.4 Å². The Kier molecular flexibility index (Phi) is 2.99. The van der Waals surface area contributed by atoms with Gasteiger partial charge in [0.05, 0.1) is 0 Å². The van der Waals surface area contributed by atoms with E-state index in [1.165, 1.54) is 16.7 Å². The molecule has 2 atom stereocenters. The minimum Gasteiger partial charge on any atom is -0.324 e. The van der Waals surface area contributed by atoms with Gasteiger partial charge in [0.1, 0.15) is 0 Å². The summed E-state index contributed by atoms with van der Waals surface area (Å²) < 4.78 is 0. The molecule has 0 saturated carbocycles. The fourth-order valence-corrected chi connectivity index (χ4v) is 1.99. The van der Waals surface area contributed by atoms with Crippen LogP contribution in [-0.4, -0.2) is 0 Å². The van der Waals surface area contributed by atoms with Gasteiger partial charge in [0.25, 0.3) is 0 Å². The van der Waals surface area contributed by atoms with Crippen LogP contribution in [0.2, 0.25) is 0 Å². The van der Waals surface area contributed by atoms with Gasteiger partial charge in [-0.05, 0) is 30.4 Å². The first-order chi connectivity index (χ1) is 5.68. The van der Waals surface area contributed by atoms with Crippen LogP contribution in [0.5, 0.6) is 0 Å². The van der Waals surface area contributed by atoms with E-state index in [4.69, 9.17) is 5.73 Å². The van der Waals surface area contributed by atoms with Crippen LogP contribution in [0, 0.1) is 12.8 Å². The molecule has 0 heterocycles. The van der Waals surface area contributed by atoms with Crippen LogP contribution in [0.3, 0.4) is 0 Å². The third-order valence-electron chi connectivity index (χ3n) is 2.82. The van der Waals surface area contributed by atoms with Crippen molar-refractivity contribution in [2.24, 2.45) is 11.7 Å². The summed E-state index contributed by atoms with van der Waals surface area (Å²) in [5, 5.41) is 0. The molecule has 0 unspecified atom stereocenters. The van der Waals surface area contributed by atoms with Gasteiger partial charge in [0.2, 0.25) is 0 Å². The molecular weight excluding hydrogens is 182 g/mol. The molecule has 1 aliphatic rings. The largest absolute Gasteiger partial charge is 0.324 e. The molecule has 0 radical (unpaired) electrons. The molecular formula is C11H16ClN. The van der Waals surface area contributed by atoms with Gasteiger partial charge in [0.15, 0.2) is 0 Å². The van der Waals surface area contributed by atoms with Crippen molar-refractivity contribution in [1.82, 2.24) is 0 Å². The predicted molar refractivity (Wildman–Crippen MR) is 58.2 cm³/mol. The van der Waals surface area contributed by atoms with E-state index >= 15 is 0 Å². The monoisotopic (exact) mass is 197 g/mol. The van der Waals surface area contributed by atoms with Crippen molar-refractivity contribution in [2.45, 2.75) is 26.3 Å². The van der Waals surface area contributed by atoms with E-state index in [1.807, 2.05) is 0 Å². The lowest BCUT2D eigenvalue weighted by atomic mass is 10.0. The van der Waals surface area contributed by atoms with Crippen LogP contribution in [0.25, 0.3) is 0 Å². The van der Waals surface area contributed by atoms with Gasteiger partial charge in [-0.15, -0.1) is 12.4 Å². The lowest BCUT2D eigenvalue weighted by Gasteiger charge is -2.09. The zero-order valence-corrected chi connectivity index (χ0v) is 8.90. The van der Waals surface area contributed by atoms with Crippen LogP contribution in [0.1, 0.15) is 29.7 Å². The second-order valence-electron chi connectivity index (χ2n) is 3.91. The van der Waals surface area contributed by atoms with E-state index in [9.17, 15) is 0 Å². The van der Waals surface area contributed by atoms with Crippen molar-refractivity contribution in [3.05, 3.63) is 34.9 Å². The number of halogens is 1. The molecule has 2 N–H and O–H groups in total. The fraction of sp³-hybridized carbons (Fsp3) is 0.455. The Morgan fingerprint density at radius 3 is 2.77 bits per heavy atom. The first kappa shape index (κ1) is 10.6. The molecule has 1 aromatic rings. The molecule has 0 fully saturated rings. The minimum absolute atomic E-state index is 0. The molecule has 2 heteroatoms. The summed E-state index contributed by atoms with van der Waals surface area (Å²) in [6.45, 7) is 4.34. The number of fused-ring (bicyclic) bond motifs is 1. The summed E-state index contributed by atoms with van der Waals surface area (Å²) in [5.74, 6) is 0.613. The predicted octanol–water partition coefficient (Wildman–Crippen LogP) is 2.61. The van der Waals surface area contributed by atoms with Crippen LogP contribution < -0.4 is 5.73 Å². The minimum atomic E-state index is 0. The highest BCUT2D eigenvalue weighted by molar-refractivity contribution is 5.85. The Morgan fingerprint density at radius 1 is 1.38 bits per heavy atom. The number of hydrogen-bond acceptors (Lipinski definition) is 1. The summed E-state index contributed by atoms with van der Waals surface area (Å²) in [5.41, 5.74) is 10.2. The summed E-state index contributed by atoms with van der Waals surface area (Å²) in [4.78, 5) is 0. The molecule has 1 nitrogen and oxygen atoms in total. The highest BCUT2D eigenvalue weighted by atomic mass is 35.5. The molecule has 1 aliphatic carbocycles. The molecule has 13 heavy (non-hydrogen) atoms. The van der Waals surface area contributed by atoms with Crippen LogP contribution in [0.4, 0.5) is 0 Å². The maximum Gasteiger partial charge on any atom is 0.0326 e. The average Bonchev–Trinajstić information content (AvgIpc) is 2.31. The number of nitrogens with two attached hydrogens (primary N) is 1. The van der Waals surface area contributed by atoms with Gasteiger partial charge in [-0.1, -0.05) is 30.7 Å². The summed E-state index contributed by atoms with van der Waals surface area (Å²) in [7, 11) is 0. The van der Waals surface area contributed by atoms with Crippen LogP contribution >= 0.6 is 12.4 Å². The van der Waals surface area contributed by atoms with Gasteiger partial charge < -0.3 is 5.73 Å². The van der Waals surface area contributed by atoms with E-state index in [0.717, 1.165) is 6.42 Å². The SMILES string of the molecule is Cc1ccc2c(c1)[C@H](N)[C@H](C)C2.Cl. The normalized spacial score (nSPS) is 25.2. The zero-order chi connectivity index (χ0) is 8.72. The number of aryl methyl sites for hydroxylation is 1. The fourth-order valence-electron chi connectivity index (χ4n) is 1.99. The van der Waals surface area contributed by atoms with Gasteiger partial charge >= 0.3 is 0 Å². The number of benzene rings is 1. The topological polar surface area (TPSA) is 26.0 Å². The maximum absolute atomic E-state index is 6.06. The van der Waals surface area contributed by atoms with Crippen molar-refractivity contribution in [3.63, 3.8) is 0 Å². The van der Waals surface area contributed by atoms with Crippen LogP contribution in [-0.2, 0) is 6.42 Å². The van der Waals surface area contributed by atoms with Gasteiger partial charge in [-0.2, -0.15) is 0 Å². The molecule has 0 bridgehead atoms. The quantitative estimate of drug-likeness (QED) is 0.680. The van der Waals surface area contributed by atoms with Gasteiger partial charge in [-0.3, -0.25) is 0 Å². The zero-order valence-electron chi connectivity index (χ0n) is 8.08. The third kappa shape index (κ3) is 1.72. The van der Waals surface area contributed by atoms with Gasteiger partial charge in [0, 0.05) is 6.04 Å². The first-order valence-electron chi connectivity index (χ1n) is 4.53. The van der Waals surface area contributed by atoms with E-state index in [0.29, 0.717) is 5.92 Å². The highest BCUT2D eigenvalue weighted by Gasteiger charge is 2.25. The molecule has 0 amide bonds. The van der Waals surface area contributed by atoms with E-state index < -0.39 is 0 Å². The standard InChI is InChI=1S/C11H15N.ClH/c1-7-3-4-9-6-8(2)11(12)10(9)5-7;/h3-5,8,11H,6,12H2,1-2H3;1H/t8-,11-;/m1./s1. The molecule has 0 aromatic heterocycles. The van der Waals surface area contributed by atoms with Crippen molar-refractivity contribution < 1.29 is 0 Å². The molecule has 1 aromatic carbocycles. The molecule has 0 saturated heterocycles. The highest BCUT2D eigenvalue weighted by Crippen LogP contribution is 2.34. The molecule has 0 aliphatic heterocycles. The Morgan fingerprint density at radius 2 is 2.08 bits per heavy atom. The average molecular weight is 198 g/mol. The molecule has 2 rings (SSSR count). The third-order valence-corrected chi connectivity index (χ3v) is 2.82. The second-order valence-corrected chi connectivity index (χ2v) is 3.91. The van der Waals surface area contributed by atoms with E-state index in [1.54, 1.807) is 0 Å². The Bertz CT molecular complexity index is 309. The smallest absolute Gasteiger partial charge is 0.0326 e. The lowest BCUT2D eigenvalue weighted by Crippen LogP contribution is -2.13. The summed E-state index contributed by atoms with van der Waals surface area (Å²) in [6.07, 6.45) is 1.15. The summed E-state index contributed by atoms with van der Waals surface area (Å²) >= 11 is 0. The maximum atomic E-state index is 6.06. The number of rotatable bonds is 0. The Hall–Kier alpha value is -0.530. The molecule has 72 valence electrons. The Balaban J connectivity index is 0.000000845. The molecule has 0 spiro atoms. The second kappa shape index (κ2) is 3.69. The van der Waals surface area contributed by atoms with Crippen LogP contribution in [0.15, 0.2) is 18.2 Å². The van der Waals surface area contributed by atoms with Gasteiger partial charge in [-0.25, -0.2) is 0 Å². The van der Waals surface area contributed by atoms with Crippen molar-refractivity contribution in [2.75, 3.05) is 0 Å².